The second kappa shape index (κ2) is 19.3. The molecule has 0 spiro atoms. The Balaban J connectivity index is 0. The van der Waals surface area contributed by atoms with Crippen LogP contribution < -0.4 is 51.4 Å². The third kappa shape index (κ3) is 18.3. The molecule has 0 saturated heterocycles. The number of hydrogen-bond donors (Lipinski definition) is 1. The van der Waals surface area contributed by atoms with Crippen LogP contribution >= 0.6 is 0 Å². The molecule has 0 amide bonds. The molecule has 4 nitrogen and oxygen atoms in total. The fourth-order valence-electron chi connectivity index (χ4n) is 2.96. The molecule has 0 fully saturated rings. The average molecular weight is 389 g/mol. The number of unbranched alkanes of at least 4 members (excludes halogenated alkanes) is 11. The van der Waals surface area contributed by atoms with Crippen molar-refractivity contribution in [1.29, 1.82) is 0 Å². The molecule has 6 heteroatoms. The van der Waals surface area contributed by atoms with E-state index in [0.29, 0.717) is 19.3 Å². The van der Waals surface area contributed by atoms with Crippen LogP contribution in [0.4, 0.5) is 0 Å². The summed E-state index contributed by atoms with van der Waals surface area (Å²) in [6, 6.07) is 0. The Morgan fingerprint density at radius 1 is 0.750 bits per heavy atom. The smallest absolute Gasteiger partial charge is 0.748 e. The summed E-state index contributed by atoms with van der Waals surface area (Å²) in [5.41, 5.74) is 0. The van der Waals surface area contributed by atoms with Crippen molar-refractivity contribution in [1.82, 2.24) is 0 Å². The molecule has 0 radical (unpaired) electrons. The molecule has 0 rings (SSSR count). The van der Waals surface area contributed by atoms with Crippen LogP contribution in [0.25, 0.3) is 0 Å². The van der Waals surface area contributed by atoms with E-state index in [4.69, 9.17) is 5.11 Å². The van der Waals surface area contributed by atoms with E-state index < -0.39 is 15.4 Å². The van der Waals surface area contributed by atoms with E-state index in [0.717, 1.165) is 19.3 Å². The van der Waals surface area contributed by atoms with Crippen molar-refractivity contribution in [3.05, 3.63) is 0 Å². The Labute approximate surface area is 192 Å². The van der Waals surface area contributed by atoms with Crippen LogP contribution in [0, 0.1) is 0 Å². The van der Waals surface area contributed by atoms with Gasteiger partial charge in [-0.1, -0.05) is 84.0 Å². The Morgan fingerprint density at radius 2 is 1.12 bits per heavy atom. The van der Waals surface area contributed by atoms with Gasteiger partial charge in [0.2, 0.25) is 0 Å². The van der Waals surface area contributed by atoms with Crippen molar-refractivity contribution in [2.24, 2.45) is 0 Å². The van der Waals surface area contributed by atoms with Gasteiger partial charge in [0.25, 0.3) is 0 Å². The van der Waals surface area contributed by atoms with E-state index in [1.807, 2.05) is 0 Å². The van der Waals surface area contributed by atoms with E-state index in [9.17, 15) is 13.0 Å². The second-order valence-corrected chi connectivity index (χ2v) is 8.31. The topological polar surface area (TPSA) is 77.4 Å². The van der Waals surface area contributed by atoms with Crippen molar-refractivity contribution < 1.29 is 69.5 Å². The number of rotatable bonds is 17. The molecule has 0 aromatic heterocycles. The van der Waals surface area contributed by atoms with Gasteiger partial charge >= 0.3 is 51.4 Å². The van der Waals surface area contributed by atoms with Crippen molar-refractivity contribution in [2.45, 2.75) is 108 Å². The van der Waals surface area contributed by atoms with Crippen molar-refractivity contribution >= 4 is 10.1 Å². The van der Waals surface area contributed by atoms with Crippen LogP contribution in [0.5, 0.6) is 0 Å². The summed E-state index contributed by atoms with van der Waals surface area (Å²) in [5.74, 6) is 0. The van der Waals surface area contributed by atoms with Crippen LogP contribution in [0.1, 0.15) is 103 Å². The van der Waals surface area contributed by atoms with Crippen molar-refractivity contribution in [3.63, 3.8) is 0 Å². The molecule has 140 valence electrons. The second-order valence-electron chi connectivity index (χ2n) is 6.66. The predicted molar refractivity (Wildman–Crippen MR) is 95.5 cm³/mol. The molecule has 1 atom stereocenters. The molecule has 0 aliphatic heterocycles. The third-order valence-electron chi connectivity index (χ3n) is 4.47. The normalized spacial score (nSPS) is 12.8. The first-order chi connectivity index (χ1) is 11.0. The van der Waals surface area contributed by atoms with E-state index in [1.165, 1.54) is 57.8 Å². The summed E-state index contributed by atoms with van der Waals surface area (Å²) >= 11 is 0. The minimum atomic E-state index is -4.21. The molecule has 1 unspecified atom stereocenters. The number of aliphatic hydroxyl groups is 1. The zero-order chi connectivity index (χ0) is 17.4. The van der Waals surface area contributed by atoms with Gasteiger partial charge in [-0.05, 0) is 19.3 Å². The summed E-state index contributed by atoms with van der Waals surface area (Å²) in [7, 11) is -4.21. The maximum Gasteiger partial charge on any atom is 1.00 e. The molecule has 0 bridgehead atoms. The SMILES string of the molecule is CCCCCCCCCCCCCCC(CCCO)S(=O)(=O)[O-].[K+]. The van der Waals surface area contributed by atoms with Gasteiger partial charge in [0, 0.05) is 11.9 Å². The fraction of sp³-hybridized carbons (Fsp3) is 1.00. The average Bonchev–Trinajstić information content (AvgIpc) is 2.50. The summed E-state index contributed by atoms with van der Waals surface area (Å²) in [6.07, 6.45) is 15.9. The zero-order valence-electron chi connectivity index (χ0n) is 16.0. The molecular formula is C18H37KO4S. The van der Waals surface area contributed by atoms with Gasteiger partial charge in [-0.15, -0.1) is 0 Å². The van der Waals surface area contributed by atoms with E-state index >= 15 is 0 Å². The van der Waals surface area contributed by atoms with Crippen LogP contribution in [0.3, 0.4) is 0 Å². The standard InChI is InChI=1S/C18H38O4S.K/c1-2-3-4-5-6-7-8-9-10-11-12-13-15-18(16-14-17-19)23(20,21)22;/h18-19H,2-17H2,1H3,(H,20,21,22);/q;+1/p-1. The van der Waals surface area contributed by atoms with Crippen LogP contribution in [-0.4, -0.2) is 29.9 Å². The quantitative estimate of drug-likeness (QED) is 0.234. The van der Waals surface area contributed by atoms with Crippen LogP contribution in [0.2, 0.25) is 0 Å². The monoisotopic (exact) mass is 388 g/mol. The maximum atomic E-state index is 11.1. The Hall–Kier alpha value is 1.51. The molecule has 0 aliphatic rings. The summed E-state index contributed by atoms with van der Waals surface area (Å²) in [4.78, 5) is 0. The summed E-state index contributed by atoms with van der Waals surface area (Å²) in [5, 5.41) is 7.95. The minimum Gasteiger partial charge on any atom is -0.748 e. The molecule has 0 aromatic rings. The van der Waals surface area contributed by atoms with Gasteiger partial charge in [-0.3, -0.25) is 0 Å². The molecule has 1 N–H and O–H groups in total. The molecule has 0 heterocycles. The largest absolute Gasteiger partial charge is 1.00 e. The third-order valence-corrected chi connectivity index (χ3v) is 5.76. The number of aliphatic hydroxyl groups excluding tert-OH is 1. The van der Waals surface area contributed by atoms with Gasteiger partial charge in [-0.2, -0.15) is 0 Å². The Kier molecular flexibility index (Phi) is 22.3. The molecule has 0 aliphatic carbocycles. The predicted octanol–water partition coefficient (Wildman–Crippen LogP) is 1.77. The van der Waals surface area contributed by atoms with E-state index in [2.05, 4.69) is 6.92 Å². The molecule has 0 saturated carbocycles. The van der Waals surface area contributed by atoms with Gasteiger partial charge < -0.3 is 9.66 Å². The van der Waals surface area contributed by atoms with Crippen LogP contribution in [0.15, 0.2) is 0 Å². The fourth-order valence-corrected chi connectivity index (χ4v) is 3.88. The number of hydrogen-bond acceptors (Lipinski definition) is 4. The zero-order valence-corrected chi connectivity index (χ0v) is 19.9. The van der Waals surface area contributed by atoms with Crippen molar-refractivity contribution in [3.8, 4) is 0 Å². The van der Waals surface area contributed by atoms with Gasteiger partial charge in [0.05, 0.1) is 10.1 Å². The molecular weight excluding hydrogens is 351 g/mol. The van der Waals surface area contributed by atoms with Gasteiger partial charge in [-0.25, -0.2) is 8.42 Å². The Morgan fingerprint density at radius 3 is 1.50 bits per heavy atom. The molecule has 24 heavy (non-hydrogen) atoms. The first kappa shape index (κ1) is 27.7. The minimum absolute atomic E-state index is 0. The first-order valence-corrected chi connectivity index (χ1v) is 11.0. The van der Waals surface area contributed by atoms with E-state index in [-0.39, 0.29) is 58.0 Å². The first-order valence-electron chi connectivity index (χ1n) is 9.58. The summed E-state index contributed by atoms with van der Waals surface area (Å²) in [6.45, 7) is 2.19. The Bertz CT molecular complexity index is 347. The van der Waals surface area contributed by atoms with Crippen molar-refractivity contribution in [2.75, 3.05) is 6.61 Å². The van der Waals surface area contributed by atoms with Gasteiger partial charge in [0.1, 0.15) is 0 Å². The summed E-state index contributed by atoms with van der Waals surface area (Å²) < 4.78 is 33.4. The maximum absolute atomic E-state index is 11.1. The van der Waals surface area contributed by atoms with Crippen LogP contribution in [-0.2, 0) is 10.1 Å². The van der Waals surface area contributed by atoms with E-state index in [1.54, 1.807) is 0 Å². The van der Waals surface area contributed by atoms with Gasteiger partial charge in [0.15, 0.2) is 0 Å². The molecule has 0 aromatic carbocycles.